The predicted octanol–water partition coefficient (Wildman–Crippen LogP) is 3.05. The molecule has 0 aliphatic carbocycles. The van der Waals surface area contributed by atoms with E-state index < -0.39 is 17.7 Å². The van der Waals surface area contributed by atoms with E-state index >= 15 is 0 Å². The topological polar surface area (TPSA) is 42.0 Å². The maximum Gasteiger partial charge on any atom is 0.256 e. The van der Waals surface area contributed by atoms with Crippen molar-refractivity contribution in [2.45, 2.75) is 6.54 Å². The van der Waals surface area contributed by atoms with Crippen LogP contribution in [0.3, 0.4) is 0 Å². The lowest BCUT2D eigenvalue weighted by Gasteiger charge is -2.07. The Morgan fingerprint density at radius 3 is 2.84 bits per heavy atom. The number of nitrogens with zero attached hydrogens (tertiary/aromatic N) is 1. The molecule has 0 fully saturated rings. The fourth-order valence-corrected chi connectivity index (χ4v) is 1.91. The van der Waals surface area contributed by atoms with Crippen LogP contribution in [0.25, 0.3) is 0 Å². The summed E-state index contributed by atoms with van der Waals surface area (Å²) in [5.41, 5.74) is 0.143. The third-order valence-electron chi connectivity index (χ3n) is 2.45. The normalized spacial score (nSPS) is 10.3. The van der Waals surface area contributed by atoms with Crippen molar-refractivity contribution in [1.82, 2.24) is 10.3 Å². The molecule has 98 valence electrons. The largest absolute Gasteiger partial charge is 0.348 e. The summed E-state index contributed by atoms with van der Waals surface area (Å²) in [5, 5.41) is 2.44. The number of rotatable bonds is 3. The van der Waals surface area contributed by atoms with Crippen molar-refractivity contribution in [3.05, 3.63) is 63.9 Å². The van der Waals surface area contributed by atoms with Crippen LogP contribution < -0.4 is 5.32 Å². The Balaban J connectivity index is 2.09. The standard InChI is InChI=1S/C13H9BrF2N2O/c14-9-3-4-11(15)8(6-9)7-18-13(19)10-2-1-5-17-12(10)16/h1-6H,7H2,(H,18,19). The summed E-state index contributed by atoms with van der Waals surface area (Å²) in [5.74, 6) is -1.92. The molecule has 19 heavy (non-hydrogen) atoms. The van der Waals surface area contributed by atoms with Crippen molar-refractivity contribution in [3.8, 4) is 0 Å². The van der Waals surface area contributed by atoms with E-state index in [4.69, 9.17) is 0 Å². The van der Waals surface area contributed by atoms with Crippen LogP contribution in [0, 0.1) is 11.8 Å². The summed E-state index contributed by atoms with van der Waals surface area (Å²) < 4.78 is 27.4. The van der Waals surface area contributed by atoms with Gasteiger partial charge in [0.05, 0.1) is 5.56 Å². The SMILES string of the molecule is O=C(NCc1cc(Br)ccc1F)c1cccnc1F. The number of carbonyl (C=O) groups excluding carboxylic acids is 1. The van der Waals surface area contributed by atoms with E-state index in [0.717, 1.165) is 0 Å². The van der Waals surface area contributed by atoms with Gasteiger partial charge in [-0.3, -0.25) is 4.79 Å². The first kappa shape index (κ1) is 13.6. The summed E-state index contributed by atoms with van der Waals surface area (Å²) >= 11 is 3.21. The van der Waals surface area contributed by atoms with Crippen molar-refractivity contribution in [2.24, 2.45) is 0 Å². The molecule has 0 spiro atoms. The molecule has 0 radical (unpaired) electrons. The molecular weight excluding hydrogens is 318 g/mol. The number of pyridine rings is 1. The molecule has 6 heteroatoms. The molecule has 1 amide bonds. The van der Waals surface area contributed by atoms with E-state index in [1.807, 2.05) is 0 Å². The summed E-state index contributed by atoms with van der Waals surface area (Å²) in [6.07, 6.45) is 1.25. The molecule has 2 rings (SSSR count). The number of halogens is 3. The molecule has 1 N–H and O–H groups in total. The highest BCUT2D eigenvalue weighted by atomic mass is 79.9. The monoisotopic (exact) mass is 326 g/mol. The van der Waals surface area contributed by atoms with E-state index in [2.05, 4.69) is 26.2 Å². The van der Waals surface area contributed by atoms with Crippen LogP contribution in [-0.2, 0) is 6.54 Å². The highest BCUT2D eigenvalue weighted by Gasteiger charge is 2.12. The van der Waals surface area contributed by atoms with Crippen molar-refractivity contribution in [1.29, 1.82) is 0 Å². The Labute approximate surface area is 116 Å². The average Bonchev–Trinajstić information content (AvgIpc) is 2.40. The number of hydrogen-bond acceptors (Lipinski definition) is 2. The van der Waals surface area contributed by atoms with Crippen molar-refractivity contribution in [2.75, 3.05) is 0 Å². The lowest BCUT2D eigenvalue weighted by atomic mass is 10.2. The molecule has 1 aromatic carbocycles. The molecule has 0 aliphatic heterocycles. The van der Waals surface area contributed by atoms with Crippen molar-refractivity contribution >= 4 is 21.8 Å². The Kier molecular flexibility index (Phi) is 4.21. The Hall–Kier alpha value is -1.82. The number of amides is 1. The zero-order valence-corrected chi connectivity index (χ0v) is 11.2. The molecule has 0 aliphatic rings. The number of hydrogen-bond donors (Lipinski definition) is 1. The Bertz CT molecular complexity index is 619. The minimum atomic E-state index is -0.852. The zero-order valence-electron chi connectivity index (χ0n) is 9.66. The van der Waals surface area contributed by atoms with Crippen LogP contribution in [0.4, 0.5) is 8.78 Å². The van der Waals surface area contributed by atoms with Gasteiger partial charge in [0.25, 0.3) is 5.91 Å². The van der Waals surface area contributed by atoms with E-state index in [1.165, 1.54) is 24.4 Å². The number of nitrogens with one attached hydrogen (secondary N) is 1. The predicted molar refractivity (Wildman–Crippen MR) is 69.5 cm³/mol. The van der Waals surface area contributed by atoms with Crippen LogP contribution in [-0.4, -0.2) is 10.9 Å². The summed E-state index contributed by atoms with van der Waals surface area (Å²) in [6, 6.07) is 7.17. The smallest absolute Gasteiger partial charge is 0.256 e. The van der Waals surface area contributed by atoms with Crippen molar-refractivity contribution in [3.63, 3.8) is 0 Å². The molecule has 1 aromatic heterocycles. The van der Waals surface area contributed by atoms with Crippen molar-refractivity contribution < 1.29 is 13.6 Å². The van der Waals surface area contributed by atoms with E-state index in [-0.39, 0.29) is 12.1 Å². The van der Waals surface area contributed by atoms with Gasteiger partial charge in [-0.2, -0.15) is 4.39 Å². The van der Waals surface area contributed by atoms with Gasteiger partial charge in [-0.1, -0.05) is 15.9 Å². The second-order valence-corrected chi connectivity index (χ2v) is 4.68. The summed E-state index contributed by atoms with van der Waals surface area (Å²) in [7, 11) is 0. The first-order chi connectivity index (χ1) is 9.08. The highest BCUT2D eigenvalue weighted by molar-refractivity contribution is 9.10. The van der Waals surface area contributed by atoms with Gasteiger partial charge < -0.3 is 5.32 Å². The third-order valence-corrected chi connectivity index (χ3v) is 2.94. The molecule has 2 aromatic rings. The first-order valence-corrected chi connectivity index (χ1v) is 6.20. The van der Waals surface area contributed by atoms with Crippen LogP contribution in [0.15, 0.2) is 41.0 Å². The van der Waals surface area contributed by atoms with Gasteiger partial charge in [0.1, 0.15) is 5.82 Å². The maximum absolute atomic E-state index is 13.4. The van der Waals surface area contributed by atoms with Crippen LogP contribution in [0.1, 0.15) is 15.9 Å². The van der Waals surface area contributed by atoms with Gasteiger partial charge >= 0.3 is 0 Å². The molecule has 1 heterocycles. The van der Waals surface area contributed by atoms with Gasteiger partial charge in [-0.25, -0.2) is 9.37 Å². The van der Waals surface area contributed by atoms with Gasteiger partial charge in [-0.15, -0.1) is 0 Å². The van der Waals surface area contributed by atoms with Crippen LogP contribution in [0.5, 0.6) is 0 Å². The first-order valence-electron chi connectivity index (χ1n) is 5.40. The van der Waals surface area contributed by atoms with E-state index in [1.54, 1.807) is 12.1 Å². The molecule has 0 saturated carbocycles. The molecule has 0 unspecified atom stereocenters. The van der Waals surface area contributed by atoms with E-state index in [9.17, 15) is 13.6 Å². The molecular formula is C13H9BrF2N2O. The van der Waals surface area contributed by atoms with Gasteiger partial charge in [-0.05, 0) is 30.3 Å². The molecule has 0 atom stereocenters. The number of carbonyl (C=O) groups is 1. The number of aromatic nitrogens is 1. The van der Waals surface area contributed by atoms with E-state index in [0.29, 0.717) is 10.0 Å². The van der Waals surface area contributed by atoms with Gasteiger partial charge in [0, 0.05) is 22.8 Å². The lowest BCUT2D eigenvalue weighted by molar-refractivity contribution is 0.0945. The summed E-state index contributed by atoms with van der Waals surface area (Å²) in [6.45, 7) is -0.0293. The molecule has 0 saturated heterocycles. The average molecular weight is 327 g/mol. The number of benzene rings is 1. The third kappa shape index (κ3) is 3.35. The minimum absolute atomic E-state index is 0.0293. The lowest BCUT2D eigenvalue weighted by Crippen LogP contribution is -2.24. The Morgan fingerprint density at radius 1 is 1.32 bits per heavy atom. The fraction of sp³-hybridized carbons (Fsp3) is 0.0769. The second-order valence-electron chi connectivity index (χ2n) is 3.76. The quantitative estimate of drug-likeness (QED) is 0.881. The Morgan fingerprint density at radius 2 is 2.11 bits per heavy atom. The van der Waals surface area contributed by atoms with Crippen LogP contribution >= 0.6 is 15.9 Å². The van der Waals surface area contributed by atoms with Crippen LogP contribution in [0.2, 0.25) is 0 Å². The maximum atomic E-state index is 13.4. The molecule has 3 nitrogen and oxygen atoms in total. The van der Waals surface area contributed by atoms with Gasteiger partial charge in [0.2, 0.25) is 5.95 Å². The van der Waals surface area contributed by atoms with Gasteiger partial charge in [0.15, 0.2) is 0 Å². The zero-order chi connectivity index (χ0) is 13.8. The highest BCUT2D eigenvalue weighted by Crippen LogP contribution is 2.15. The minimum Gasteiger partial charge on any atom is -0.348 e. The molecule has 0 bridgehead atoms. The fourth-order valence-electron chi connectivity index (χ4n) is 1.50. The second kappa shape index (κ2) is 5.88. The summed E-state index contributed by atoms with van der Waals surface area (Å²) in [4.78, 5) is 15.1.